The summed E-state index contributed by atoms with van der Waals surface area (Å²) in [7, 11) is 0. The van der Waals surface area contributed by atoms with E-state index < -0.39 is 0 Å². The van der Waals surface area contributed by atoms with Gasteiger partial charge in [0.05, 0.1) is 11.4 Å². The topological polar surface area (TPSA) is 29.3 Å². The minimum Gasteiger partial charge on any atom is -0.397 e. The molecule has 0 radical (unpaired) electrons. The molecular formula is C12H18N2. The van der Waals surface area contributed by atoms with Crippen molar-refractivity contribution in [2.45, 2.75) is 13.3 Å². The van der Waals surface area contributed by atoms with Crippen LogP contribution in [0.5, 0.6) is 0 Å². The van der Waals surface area contributed by atoms with E-state index >= 15 is 0 Å². The number of likely N-dealkylation sites (tertiary alicyclic amines) is 1. The average molecular weight is 190 g/mol. The van der Waals surface area contributed by atoms with Crippen LogP contribution in [0.1, 0.15) is 13.3 Å². The normalized spacial score (nSPS) is 18.9. The predicted molar refractivity (Wildman–Crippen MR) is 61.6 cm³/mol. The van der Waals surface area contributed by atoms with Crippen molar-refractivity contribution in [3.05, 3.63) is 48.4 Å². The van der Waals surface area contributed by atoms with Crippen LogP contribution in [0.25, 0.3) is 0 Å². The summed E-state index contributed by atoms with van der Waals surface area (Å²) in [6.45, 7) is 11.5. The van der Waals surface area contributed by atoms with E-state index in [1.807, 2.05) is 19.1 Å². The number of nitrogens with zero attached hydrogens (tertiary/aromatic N) is 1. The first-order valence-electron chi connectivity index (χ1n) is 4.85. The Kier molecular flexibility index (Phi) is 3.57. The molecule has 0 saturated carbocycles. The maximum atomic E-state index is 5.90. The molecule has 0 unspecified atom stereocenters. The minimum atomic E-state index is 0.805. The number of nitrogens with two attached hydrogens (primary N) is 1. The standard InChI is InChI=1S/C12H18N2/c1-4-6-12(11(13)5-2)14-8-7-10(3)9-14/h4-6H,1,3,7-9,13H2,2H3/b11-5+,12-6+. The van der Waals surface area contributed by atoms with Gasteiger partial charge in [-0.05, 0) is 19.4 Å². The van der Waals surface area contributed by atoms with Crippen molar-refractivity contribution in [1.29, 1.82) is 0 Å². The second-order valence-electron chi connectivity index (χ2n) is 3.45. The van der Waals surface area contributed by atoms with E-state index in [4.69, 9.17) is 5.73 Å². The van der Waals surface area contributed by atoms with E-state index in [2.05, 4.69) is 18.1 Å². The van der Waals surface area contributed by atoms with Crippen LogP contribution in [-0.2, 0) is 0 Å². The van der Waals surface area contributed by atoms with Gasteiger partial charge in [0, 0.05) is 13.1 Å². The molecule has 1 rings (SSSR count). The quantitative estimate of drug-likeness (QED) is 0.546. The molecule has 0 aromatic heterocycles. The van der Waals surface area contributed by atoms with Gasteiger partial charge in [-0.15, -0.1) is 0 Å². The lowest BCUT2D eigenvalue weighted by molar-refractivity contribution is 0.440. The number of allylic oxidation sites excluding steroid dienone is 3. The van der Waals surface area contributed by atoms with Crippen LogP contribution >= 0.6 is 0 Å². The van der Waals surface area contributed by atoms with E-state index in [0.717, 1.165) is 30.9 Å². The SMILES string of the molecule is C=C/C=C(\C(N)=C/C)N1CCC(=C)C1. The molecule has 2 heteroatoms. The molecule has 0 aromatic rings. The Hall–Kier alpha value is -1.44. The molecule has 0 aliphatic carbocycles. The minimum absolute atomic E-state index is 0.805. The summed E-state index contributed by atoms with van der Waals surface area (Å²) in [5.41, 5.74) is 9.03. The van der Waals surface area contributed by atoms with Crippen molar-refractivity contribution in [2.24, 2.45) is 5.73 Å². The molecule has 2 nitrogen and oxygen atoms in total. The summed E-state index contributed by atoms with van der Waals surface area (Å²) < 4.78 is 0. The fourth-order valence-electron chi connectivity index (χ4n) is 1.57. The maximum Gasteiger partial charge on any atom is 0.0599 e. The first kappa shape index (κ1) is 10.6. The lowest BCUT2D eigenvalue weighted by Crippen LogP contribution is -2.22. The van der Waals surface area contributed by atoms with Crippen LogP contribution in [0.3, 0.4) is 0 Å². The second kappa shape index (κ2) is 4.70. The van der Waals surface area contributed by atoms with Gasteiger partial charge in [0.1, 0.15) is 0 Å². The van der Waals surface area contributed by atoms with Crippen LogP contribution in [0.15, 0.2) is 48.4 Å². The Morgan fingerprint density at radius 3 is 2.71 bits per heavy atom. The Morgan fingerprint density at radius 2 is 2.29 bits per heavy atom. The number of rotatable bonds is 3. The van der Waals surface area contributed by atoms with Crippen molar-refractivity contribution in [1.82, 2.24) is 4.90 Å². The smallest absolute Gasteiger partial charge is 0.0599 e. The summed E-state index contributed by atoms with van der Waals surface area (Å²) in [4.78, 5) is 2.24. The van der Waals surface area contributed by atoms with Gasteiger partial charge in [0.2, 0.25) is 0 Å². The zero-order valence-corrected chi connectivity index (χ0v) is 8.79. The molecule has 0 amide bonds. The highest BCUT2D eigenvalue weighted by molar-refractivity contribution is 5.31. The second-order valence-corrected chi connectivity index (χ2v) is 3.45. The lowest BCUT2D eigenvalue weighted by Gasteiger charge is -2.21. The van der Waals surface area contributed by atoms with Crippen LogP contribution in [-0.4, -0.2) is 18.0 Å². The first-order chi connectivity index (χ1) is 6.69. The predicted octanol–water partition coefficient (Wildman–Crippen LogP) is 2.18. The molecule has 2 N–H and O–H groups in total. The van der Waals surface area contributed by atoms with Gasteiger partial charge >= 0.3 is 0 Å². The Labute approximate surface area is 86.1 Å². The molecule has 1 aliphatic rings. The van der Waals surface area contributed by atoms with Gasteiger partial charge in [0.15, 0.2) is 0 Å². The van der Waals surface area contributed by atoms with Gasteiger partial charge in [-0.2, -0.15) is 0 Å². The summed E-state index contributed by atoms with van der Waals surface area (Å²) in [6.07, 6.45) is 6.70. The highest BCUT2D eigenvalue weighted by atomic mass is 15.2. The molecule has 0 bridgehead atoms. The molecule has 1 fully saturated rings. The molecule has 76 valence electrons. The van der Waals surface area contributed by atoms with Crippen molar-refractivity contribution < 1.29 is 0 Å². The molecule has 0 spiro atoms. The van der Waals surface area contributed by atoms with Gasteiger partial charge < -0.3 is 10.6 Å². The number of hydrogen-bond donors (Lipinski definition) is 1. The molecular weight excluding hydrogens is 172 g/mol. The fourth-order valence-corrected chi connectivity index (χ4v) is 1.57. The molecule has 1 aliphatic heterocycles. The molecule has 0 aromatic carbocycles. The van der Waals surface area contributed by atoms with Crippen LogP contribution < -0.4 is 5.73 Å². The van der Waals surface area contributed by atoms with Gasteiger partial charge in [-0.1, -0.05) is 30.9 Å². The van der Waals surface area contributed by atoms with Gasteiger partial charge in [0.25, 0.3) is 0 Å². The fraction of sp³-hybridized carbons (Fsp3) is 0.333. The van der Waals surface area contributed by atoms with Gasteiger partial charge in [-0.25, -0.2) is 0 Å². The lowest BCUT2D eigenvalue weighted by atomic mass is 10.2. The summed E-state index contributed by atoms with van der Waals surface area (Å²) in [5.74, 6) is 0. The molecule has 14 heavy (non-hydrogen) atoms. The summed E-state index contributed by atoms with van der Waals surface area (Å²) >= 11 is 0. The van der Waals surface area contributed by atoms with E-state index in [1.165, 1.54) is 5.57 Å². The van der Waals surface area contributed by atoms with E-state index in [9.17, 15) is 0 Å². The third-order valence-corrected chi connectivity index (χ3v) is 2.37. The molecule has 1 heterocycles. The zero-order valence-electron chi connectivity index (χ0n) is 8.79. The van der Waals surface area contributed by atoms with Crippen LogP contribution in [0.4, 0.5) is 0 Å². The summed E-state index contributed by atoms with van der Waals surface area (Å²) in [6, 6.07) is 0. The third kappa shape index (κ3) is 2.28. The van der Waals surface area contributed by atoms with Crippen molar-refractivity contribution in [3.8, 4) is 0 Å². The van der Waals surface area contributed by atoms with Crippen molar-refractivity contribution >= 4 is 0 Å². The summed E-state index contributed by atoms with van der Waals surface area (Å²) in [5, 5.41) is 0. The Bertz CT molecular complexity index is 297. The van der Waals surface area contributed by atoms with Crippen LogP contribution in [0.2, 0.25) is 0 Å². The Balaban J connectivity index is 2.84. The largest absolute Gasteiger partial charge is 0.397 e. The number of hydrogen-bond acceptors (Lipinski definition) is 2. The zero-order chi connectivity index (χ0) is 10.6. The van der Waals surface area contributed by atoms with E-state index in [0.29, 0.717) is 0 Å². The van der Waals surface area contributed by atoms with Crippen molar-refractivity contribution in [3.63, 3.8) is 0 Å². The van der Waals surface area contributed by atoms with E-state index in [1.54, 1.807) is 6.08 Å². The first-order valence-corrected chi connectivity index (χ1v) is 4.85. The van der Waals surface area contributed by atoms with Gasteiger partial charge in [-0.3, -0.25) is 0 Å². The Morgan fingerprint density at radius 1 is 1.57 bits per heavy atom. The maximum absolute atomic E-state index is 5.90. The van der Waals surface area contributed by atoms with Crippen LogP contribution in [0, 0.1) is 0 Å². The monoisotopic (exact) mass is 190 g/mol. The average Bonchev–Trinajstić information content (AvgIpc) is 2.60. The van der Waals surface area contributed by atoms with Crippen molar-refractivity contribution in [2.75, 3.05) is 13.1 Å². The molecule has 1 saturated heterocycles. The highest BCUT2D eigenvalue weighted by Crippen LogP contribution is 2.21. The third-order valence-electron chi connectivity index (χ3n) is 2.37. The van der Waals surface area contributed by atoms with E-state index in [-0.39, 0.29) is 0 Å². The molecule has 0 atom stereocenters. The highest BCUT2D eigenvalue weighted by Gasteiger charge is 2.17.